The molecule has 1 aliphatic heterocycles. The Morgan fingerprint density at radius 1 is 1.16 bits per heavy atom. The fourth-order valence-electron chi connectivity index (χ4n) is 3.03. The quantitative estimate of drug-likeness (QED) is 0.391. The van der Waals surface area contributed by atoms with Crippen molar-refractivity contribution in [2.45, 2.75) is 20.8 Å². The number of ether oxygens (including phenoxy) is 1. The Labute approximate surface area is 188 Å². The van der Waals surface area contributed by atoms with E-state index in [1.165, 1.54) is 18.3 Å². The lowest BCUT2D eigenvalue weighted by Gasteiger charge is -2.19. The predicted octanol–water partition coefficient (Wildman–Crippen LogP) is 5.44. The lowest BCUT2D eigenvalue weighted by atomic mass is 10.1. The molecule has 0 spiro atoms. The summed E-state index contributed by atoms with van der Waals surface area (Å²) in [7, 11) is 0. The van der Waals surface area contributed by atoms with Crippen molar-refractivity contribution in [3.8, 4) is 0 Å². The minimum Gasteiger partial charge on any atom is -0.402 e. The number of carbonyl (C=O) groups is 2. The van der Waals surface area contributed by atoms with E-state index in [0.717, 1.165) is 16.8 Å². The van der Waals surface area contributed by atoms with E-state index in [-0.39, 0.29) is 17.5 Å². The van der Waals surface area contributed by atoms with E-state index < -0.39 is 5.97 Å². The number of aromatic nitrogens is 1. The zero-order chi connectivity index (χ0) is 22.1. The van der Waals surface area contributed by atoms with Crippen LogP contribution in [-0.4, -0.2) is 22.8 Å². The van der Waals surface area contributed by atoms with Crippen molar-refractivity contribution in [3.05, 3.63) is 80.9 Å². The van der Waals surface area contributed by atoms with Crippen molar-refractivity contribution in [1.29, 1.82) is 0 Å². The zero-order valence-electron chi connectivity index (χ0n) is 17.0. The molecule has 1 aliphatic rings. The first-order valence-corrected chi connectivity index (χ1v) is 10.7. The van der Waals surface area contributed by atoms with Gasteiger partial charge in [0.25, 0.3) is 0 Å². The number of aryl methyl sites for hydroxylation is 2. The second-order valence-corrected chi connectivity index (χ2v) is 8.30. The predicted molar refractivity (Wildman–Crippen MR) is 123 cm³/mol. The van der Waals surface area contributed by atoms with Crippen molar-refractivity contribution in [2.75, 3.05) is 4.90 Å². The molecule has 0 saturated carbocycles. The van der Waals surface area contributed by atoms with Crippen molar-refractivity contribution in [1.82, 2.24) is 4.98 Å². The second-order valence-electron chi connectivity index (χ2n) is 7.02. The highest BCUT2D eigenvalue weighted by Crippen LogP contribution is 2.31. The van der Waals surface area contributed by atoms with Crippen LogP contribution in [0.2, 0.25) is 5.02 Å². The zero-order valence-corrected chi connectivity index (χ0v) is 18.6. The van der Waals surface area contributed by atoms with Gasteiger partial charge in [-0.2, -0.15) is 0 Å². The fourth-order valence-corrected chi connectivity index (χ4v) is 4.07. The lowest BCUT2D eigenvalue weighted by molar-refractivity contribution is -0.130. The number of hydrogen-bond donors (Lipinski definition) is 0. The molecule has 0 N–H and O–H groups in total. The molecule has 8 heteroatoms. The highest BCUT2D eigenvalue weighted by atomic mass is 35.5. The third-order valence-electron chi connectivity index (χ3n) is 4.74. The van der Waals surface area contributed by atoms with Crippen LogP contribution in [-0.2, 0) is 14.3 Å². The van der Waals surface area contributed by atoms with Crippen LogP contribution in [0.1, 0.15) is 29.3 Å². The molecule has 1 aromatic heterocycles. The van der Waals surface area contributed by atoms with E-state index in [1.54, 1.807) is 40.6 Å². The molecular weight excluding hydrogens is 434 g/mol. The molecule has 3 aromatic rings. The van der Waals surface area contributed by atoms with Gasteiger partial charge in [-0.3, -0.25) is 9.69 Å². The topological polar surface area (TPSA) is 71.9 Å². The lowest BCUT2D eigenvalue weighted by Crippen LogP contribution is -2.22. The third kappa shape index (κ3) is 4.42. The summed E-state index contributed by atoms with van der Waals surface area (Å²) in [5, 5.41) is 2.79. The molecule has 156 valence electrons. The first-order valence-electron chi connectivity index (χ1n) is 9.44. The molecule has 0 atom stereocenters. The largest absolute Gasteiger partial charge is 0.402 e. The highest BCUT2D eigenvalue weighted by molar-refractivity contribution is 7.14. The van der Waals surface area contributed by atoms with Gasteiger partial charge in [0.1, 0.15) is 0 Å². The van der Waals surface area contributed by atoms with Gasteiger partial charge < -0.3 is 4.74 Å². The Bertz CT molecular complexity index is 1260. The summed E-state index contributed by atoms with van der Waals surface area (Å²) in [5.41, 5.74) is 4.22. The maximum Gasteiger partial charge on any atom is 0.363 e. The van der Waals surface area contributed by atoms with Gasteiger partial charge in [0, 0.05) is 22.9 Å². The number of esters is 1. The van der Waals surface area contributed by atoms with Gasteiger partial charge >= 0.3 is 5.97 Å². The van der Waals surface area contributed by atoms with Gasteiger partial charge in [-0.15, -0.1) is 11.3 Å². The number of amides is 1. The number of hydrogen-bond acceptors (Lipinski definition) is 6. The first-order chi connectivity index (χ1) is 14.8. The first kappa shape index (κ1) is 21.0. The summed E-state index contributed by atoms with van der Waals surface area (Å²) in [6.07, 6.45) is 1.54. The van der Waals surface area contributed by atoms with Crippen LogP contribution in [0.15, 0.2) is 58.5 Å². The third-order valence-corrected chi connectivity index (χ3v) is 5.82. The number of anilines is 2. The van der Waals surface area contributed by atoms with E-state index in [4.69, 9.17) is 16.3 Å². The van der Waals surface area contributed by atoms with E-state index in [1.807, 2.05) is 32.0 Å². The van der Waals surface area contributed by atoms with Crippen LogP contribution in [0.25, 0.3) is 6.08 Å². The highest BCUT2D eigenvalue weighted by Gasteiger charge is 2.25. The summed E-state index contributed by atoms with van der Waals surface area (Å²) >= 11 is 7.31. The Morgan fingerprint density at radius 3 is 2.68 bits per heavy atom. The van der Waals surface area contributed by atoms with Crippen molar-refractivity contribution in [2.24, 2.45) is 4.99 Å². The molecule has 2 heterocycles. The van der Waals surface area contributed by atoms with Gasteiger partial charge in [0.15, 0.2) is 10.8 Å². The summed E-state index contributed by atoms with van der Waals surface area (Å²) < 4.78 is 5.27. The van der Waals surface area contributed by atoms with Crippen LogP contribution in [0, 0.1) is 13.8 Å². The Hall–Kier alpha value is -3.29. The number of benzene rings is 2. The number of aliphatic imine (C=N–C) groups is 1. The Morgan fingerprint density at radius 2 is 1.97 bits per heavy atom. The Kier molecular flexibility index (Phi) is 5.71. The van der Waals surface area contributed by atoms with Gasteiger partial charge in [-0.1, -0.05) is 23.7 Å². The molecule has 6 nitrogen and oxygen atoms in total. The van der Waals surface area contributed by atoms with E-state index in [9.17, 15) is 9.59 Å². The summed E-state index contributed by atoms with van der Waals surface area (Å²) in [4.78, 5) is 34.9. The number of cyclic esters (lactones) is 1. The number of carbonyl (C=O) groups excluding carboxylic acids is 2. The summed E-state index contributed by atoms with van der Waals surface area (Å²) in [6, 6.07) is 12.7. The second kappa shape index (κ2) is 8.45. The Balaban J connectivity index is 1.64. The molecule has 0 aliphatic carbocycles. The monoisotopic (exact) mass is 451 g/mol. The van der Waals surface area contributed by atoms with Gasteiger partial charge in [-0.25, -0.2) is 14.8 Å². The fraction of sp³-hybridized carbons (Fsp3) is 0.130. The number of thiazole rings is 1. The SMILES string of the molecule is CC(=O)N(c1ccc(C)c(C)c1)c1nc(/C=C2\N=C(c3cccc(Cl)c3)OC2=O)cs1. The average molecular weight is 452 g/mol. The maximum atomic E-state index is 12.3. The van der Waals surface area contributed by atoms with Crippen LogP contribution in [0.5, 0.6) is 0 Å². The minimum atomic E-state index is -0.567. The van der Waals surface area contributed by atoms with Crippen LogP contribution in [0.3, 0.4) is 0 Å². The van der Waals surface area contributed by atoms with Crippen LogP contribution >= 0.6 is 22.9 Å². The summed E-state index contributed by atoms with van der Waals surface area (Å²) in [5.74, 6) is -0.532. The van der Waals surface area contributed by atoms with Crippen LogP contribution < -0.4 is 4.90 Å². The normalized spacial score (nSPS) is 14.5. The smallest absolute Gasteiger partial charge is 0.363 e. The number of nitrogens with zero attached hydrogens (tertiary/aromatic N) is 3. The van der Waals surface area contributed by atoms with E-state index >= 15 is 0 Å². The number of halogens is 1. The molecule has 0 fully saturated rings. The van der Waals surface area contributed by atoms with Gasteiger partial charge in [-0.05, 0) is 61.4 Å². The molecule has 0 bridgehead atoms. The standard InChI is InChI=1S/C23H18ClN3O3S/c1-13-7-8-19(9-14(13)2)27(15(3)28)23-25-18(12-31-23)11-20-22(29)30-21(26-20)16-5-4-6-17(24)10-16/h4-12H,1-3H3/b20-11-. The molecule has 1 amide bonds. The molecule has 31 heavy (non-hydrogen) atoms. The molecule has 0 radical (unpaired) electrons. The molecular formula is C23H18ClN3O3S. The average Bonchev–Trinajstić information content (AvgIpc) is 3.32. The van der Waals surface area contributed by atoms with E-state index in [2.05, 4.69) is 9.98 Å². The van der Waals surface area contributed by atoms with Crippen molar-refractivity contribution < 1.29 is 14.3 Å². The van der Waals surface area contributed by atoms with Gasteiger partial charge in [0.05, 0.1) is 11.4 Å². The molecule has 2 aromatic carbocycles. The van der Waals surface area contributed by atoms with Crippen LogP contribution in [0.4, 0.5) is 10.8 Å². The molecule has 4 rings (SSSR count). The number of rotatable bonds is 4. The van der Waals surface area contributed by atoms with Crippen molar-refractivity contribution in [3.63, 3.8) is 0 Å². The minimum absolute atomic E-state index is 0.132. The molecule has 0 unspecified atom stereocenters. The molecule has 0 saturated heterocycles. The van der Waals surface area contributed by atoms with Gasteiger partial charge in [0.2, 0.25) is 11.8 Å². The van der Waals surface area contributed by atoms with Crippen molar-refractivity contribution >= 4 is 57.6 Å². The van der Waals surface area contributed by atoms with E-state index in [0.29, 0.717) is 21.4 Å². The summed E-state index contributed by atoms with van der Waals surface area (Å²) in [6.45, 7) is 5.50. The maximum absolute atomic E-state index is 12.3.